The molecule has 1 aromatic heterocycles. The minimum absolute atomic E-state index is 0.00245. The molecule has 0 radical (unpaired) electrons. The molecule has 0 spiro atoms. The molecule has 1 amide bonds. The standard InChI is InChI=1S/C23H13Cl3N4O/c24-15-3-1-14(2-4-15)22-20(13-27)21(23(31)28-18-9-5-16(25)6-10-18)29-30(22)19-11-7-17(26)8-12-19/h1-12H,(H,28,31). The quantitative estimate of drug-likeness (QED) is 0.366. The Kier molecular flexibility index (Phi) is 5.97. The zero-order valence-electron chi connectivity index (χ0n) is 15.8. The number of amides is 1. The molecule has 0 aliphatic rings. The van der Waals surface area contributed by atoms with E-state index in [0.29, 0.717) is 37.7 Å². The van der Waals surface area contributed by atoms with E-state index in [2.05, 4.69) is 16.5 Å². The topological polar surface area (TPSA) is 70.7 Å². The highest BCUT2D eigenvalue weighted by Gasteiger charge is 2.25. The number of halogens is 3. The van der Waals surface area contributed by atoms with Gasteiger partial charge in [-0.2, -0.15) is 10.4 Å². The Labute approximate surface area is 193 Å². The average molecular weight is 468 g/mol. The number of hydrogen-bond acceptors (Lipinski definition) is 3. The van der Waals surface area contributed by atoms with Crippen LogP contribution in [0.4, 0.5) is 5.69 Å². The molecule has 1 heterocycles. The van der Waals surface area contributed by atoms with Gasteiger partial charge in [0.1, 0.15) is 11.6 Å². The van der Waals surface area contributed by atoms with Crippen LogP contribution in [0.15, 0.2) is 72.8 Å². The third-order valence-corrected chi connectivity index (χ3v) is 5.26. The van der Waals surface area contributed by atoms with Gasteiger partial charge >= 0.3 is 0 Å². The second kappa shape index (κ2) is 8.83. The summed E-state index contributed by atoms with van der Waals surface area (Å²) >= 11 is 18.0. The third-order valence-electron chi connectivity index (χ3n) is 4.50. The summed E-state index contributed by atoms with van der Waals surface area (Å²) in [6.45, 7) is 0. The van der Waals surface area contributed by atoms with E-state index in [9.17, 15) is 10.1 Å². The lowest BCUT2D eigenvalue weighted by atomic mass is 10.1. The Morgan fingerprint density at radius 3 is 1.90 bits per heavy atom. The summed E-state index contributed by atoms with van der Waals surface area (Å²) in [4.78, 5) is 13.0. The van der Waals surface area contributed by atoms with Gasteiger partial charge in [0.2, 0.25) is 0 Å². The molecule has 1 N–H and O–H groups in total. The fourth-order valence-corrected chi connectivity index (χ4v) is 3.43. The van der Waals surface area contributed by atoms with Gasteiger partial charge in [-0.05, 0) is 60.7 Å². The normalized spacial score (nSPS) is 10.5. The van der Waals surface area contributed by atoms with E-state index in [-0.39, 0.29) is 11.3 Å². The van der Waals surface area contributed by atoms with Crippen molar-refractivity contribution in [1.82, 2.24) is 9.78 Å². The number of hydrogen-bond donors (Lipinski definition) is 1. The summed E-state index contributed by atoms with van der Waals surface area (Å²) in [7, 11) is 0. The molecule has 0 aliphatic heterocycles. The molecule has 0 unspecified atom stereocenters. The van der Waals surface area contributed by atoms with E-state index < -0.39 is 5.91 Å². The number of nitriles is 1. The maximum atomic E-state index is 13.0. The molecule has 0 atom stereocenters. The van der Waals surface area contributed by atoms with Crippen molar-refractivity contribution in [2.45, 2.75) is 0 Å². The van der Waals surface area contributed by atoms with Crippen LogP contribution in [-0.4, -0.2) is 15.7 Å². The predicted octanol–water partition coefficient (Wildman–Crippen LogP) is 6.62. The lowest BCUT2D eigenvalue weighted by Crippen LogP contribution is -2.14. The first-order valence-electron chi connectivity index (χ1n) is 9.08. The molecule has 152 valence electrons. The predicted molar refractivity (Wildman–Crippen MR) is 123 cm³/mol. The summed E-state index contributed by atoms with van der Waals surface area (Å²) in [5, 5.41) is 18.8. The summed E-state index contributed by atoms with van der Waals surface area (Å²) < 4.78 is 1.55. The van der Waals surface area contributed by atoms with Gasteiger partial charge in [0, 0.05) is 26.3 Å². The first-order chi connectivity index (χ1) is 15.0. The molecule has 4 aromatic rings. The number of carbonyl (C=O) groups excluding carboxylic acids is 1. The number of carbonyl (C=O) groups is 1. The van der Waals surface area contributed by atoms with Crippen LogP contribution in [0.5, 0.6) is 0 Å². The fourth-order valence-electron chi connectivity index (χ4n) is 3.05. The van der Waals surface area contributed by atoms with Crippen molar-refractivity contribution in [3.05, 3.63) is 99.1 Å². The van der Waals surface area contributed by atoms with Gasteiger partial charge in [-0.1, -0.05) is 46.9 Å². The van der Waals surface area contributed by atoms with Crippen molar-refractivity contribution >= 4 is 46.4 Å². The van der Waals surface area contributed by atoms with Crippen LogP contribution >= 0.6 is 34.8 Å². The van der Waals surface area contributed by atoms with E-state index in [1.165, 1.54) is 0 Å². The first kappa shape index (κ1) is 21.0. The zero-order valence-corrected chi connectivity index (χ0v) is 18.1. The van der Waals surface area contributed by atoms with E-state index in [1.54, 1.807) is 77.5 Å². The lowest BCUT2D eigenvalue weighted by molar-refractivity contribution is 0.102. The molecule has 0 fully saturated rings. The Hall–Kier alpha value is -3.30. The van der Waals surface area contributed by atoms with Crippen molar-refractivity contribution in [3.63, 3.8) is 0 Å². The Morgan fingerprint density at radius 2 is 1.35 bits per heavy atom. The van der Waals surface area contributed by atoms with Crippen molar-refractivity contribution < 1.29 is 4.79 Å². The van der Waals surface area contributed by atoms with Crippen LogP contribution in [0.25, 0.3) is 16.9 Å². The number of benzene rings is 3. The number of aromatic nitrogens is 2. The van der Waals surface area contributed by atoms with Crippen LogP contribution in [0.3, 0.4) is 0 Å². The van der Waals surface area contributed by atoms with Gasteiger partial charge in [0.15, 0.2) is 5.69 Å². The van der Waals surface area contributed by atoms with Crippen molar-refractivity contribution in [1.29, 1.82) is 5.26 Å². The maximum absolute atomic E-state index is 13.0. The molecule has 0 saturated heterocycles. The largest absolute Gasteiger partial charge is 0.321 e. The smallest absolute Gasteiger partial charge is 0.277 e. The van der Waals surface area contributed by atoms with E-state index >= 15 is 0 Å². The van der Waals surface area contributed by atoms with Crippen LogP contribution in [0.1, 0.15) is 16.1 Å². The van der Waals surface area contributed by atoms with Crippen LogP contribution < -0.4 is 5.32 Å². The second-order valence-electron chi connectivity index (χ2n) is 6.54. The third kappa shape index (κ3) is 4.42. The van der Waals surface area contributed by atoms with Crippen LogP contribution in [-0.2, 0) is 0 Å². The highest BCUT2D eigenvalue weighted by atomic mass is 35.5. The SMILES string of the molecule is N#Cc1c(C(=O)Nc2ccc(Cl)cc2)nn(-c2ccc(Cl)cc2)c1-c1ccc(Cl)cc1. The van der Waals surface area contributed by atoms with Gasteiger partial charge < -0.3 is 5.32 Å². The molecule has 0 bridgehead atoms. The summed E-state index contributed by atoms with van der Waals surface area (Å²) in [5.41, 5.74) is 2.49. The number of anilines is 1. The lowest BCUT2D eigenvalue weighted by Gasteiger charge is -2.08. The number of nitrogens with one attached hydrogen (secondary N) is 1. The Balaban J connectivity index is 1.86. The Bertz CT molecular complexity index is 1290. The van der Waals surface area contributed by atoms with Gasteiger partial charge in [-0.3, -0.25) is 4.79 Å². The van der Waals surface area contributed by atoms with Crippen molar-refractivity contribution in [3.8, 4) is 23.0 Å². The molecule has 5 nitrogen and oxygen atoms in total. The molecule has 0 aliphatic carbocycles. The minimum Gasteiger partial charge on any atom is -0.321 e. The summed E-state index contributed by atoms with van der Waals surface area (Å²) in [6, 6.07) is 22.7. The molecular weight excluding hydrogens is 455 g/mol. The van der Waals surface area contributed by atoms with E-state index in [4.69, 9.17) is 34.8 Å². The van der Waals surface area contributed by atoms with Crippen molar-refractivity contribution in [2.75, 3.05) is 5.32 Å². The number of nitrogens with zero attached hydrogens (tertiary/aromatic N) is 3. The van der Waals surface area contributed by atoms with Gasteiger partial charge in [0.25, 0.3) is 5.91 Å². The first-order valence-corrected chi connectivity index (χ1v) is 10.2. The van der Waals surface area contributed by atoms with Crippen molar-refractivity contribution in [2.24, 2.45) is 0 Å². The molecule has 4 rings (SSSR count). The summed E-state index contributed by atoms with van der Waals surface area (Å²) in [5.74, 6) is -0.512. The zero-order chi connectivity index (χ0) is 22.0. The van der Waals surface area contributed by atoms with Gasteiger partial charge in [-0.25, -0.2) is 4.68 Å². The number of rotatable bonds is 4. The highest BCUT2D eigenvalue weighted by molar-refractivity contribution is 6.31. The van der Waals surface area contributed by atoms with Crippen LogP contribution in [0, 0.1) is 11.3 Å². The molecule has 8 heteroatoms. The van der Waals surface area contributed by atoms with E-state index in [0.717, 1.165) is 0 Å². The minimum atomic E-state index is -0.512. The van der Waals surface area contributed by atoms with Gasteiger partial charge in [-0.15, -0.1) is 0 Å². The maximum Gasteiger partial charge on any atom is 0.277 e. The average Bonchev–Trinajstić information content (AvgIpc) is 3.16. The fraction of sp³-hybridized carbons (Fsp3) is 0. The van der Waals surface area contributed by atoms with E-state index in [1.807, 2.05) is 0 Å². The monoisotopic (exact) mass is 466 g/mol. The molecule has 0 saturated carbocycles. The molecule has 31 heavy (non-hydrogen) atoms. The molecular formula is C23H13Cl3N4O. The summed E-state index contributed by atoms with van der Waals surface area (Å²) in [6.07, 6.45) is 0. The molecule has 3 aromatic carbocycles. The Morgan fingerprint density at radius 1 is 0.839 bits per heavy atom. The highest BCUT2D eigenvalue weighted by Crippen LogP contribution is 2.31. The second-order valence-corrected chi connectivity index (χ2v) is 7.85. The van der Waals surface area contributed by atoms with Gasteiger partial charge in [0.05, 0.1) is 11.4 Å². The van der Waals surface area contributed by atoms with Crippen LogP contribution in [0.2, 0.25) is 15.1 Å².